The Balaban J connectivity index is 1.10. The zero-order chi connectivity index (χ0) is 35.4. The van der Waals surface area contributed by atoms with Gasteiger partial charge < -0.3 is 35.3 Å². The number of aromatic nitrogens is 1. The lowest BCUT2D eigenvalue weighted by Crippen LogP contribution is -2.38. The molecule has 2 fully saturated rings. The first-order valence-electron chi connectivity index (χ1n) is 17.2. The Morgan fingerprint density at radius 1 is 1.00 bits per heavy atom. The number of benzene rings is 2. The van der Waals surface area contributed by atoms with E-state index in [0.29, 0.717) is 76.0 Å². The summed E-state index contributed by atoms with van der Waals surface area (Å²) in [6.45, 7) is 3.45. The number of halogens is 1. The van der Waals surface area contributed by atoms with Crippen molar-refractivity contribution in [3.8, 4) is 16.9 Å². The van der Waals surface area contributed by atoms with Crippen molar-refractivity contribution in [3.05, 3.63) is 77.1 Å². The molecule has 2 aliphatic carbocycles. The van der Waals surface area contributed by atoms with Crippen molar-refractivity contribution in [2.24, 2.45) is 5.73 Å². The number of hydrogen-bond acceptors (Lipinski definition) is 9. The quantitative estimate of drug-likeness (QED) is 0.123. The molecule has 1 heterocycles. The van der Waals surface area contributed by atoms with Crippen molar-refractivity contribution in [2.45, 2.75) is 61.7 Å². The van der Waals surface area contributed by atoms with E-state index in [4.69, 9.17) is 36.3 Å². The number of pyridine rings is 1. The van der Waals surface area contributed by atoms with Gasteiger partial charge in [0.1, 0.15) is 5.75 Å². The summed E-state index contributed by atoms with van der Waals surface area (Å²) in [5, 5.41) is 5.93. The van der Waals surface area contributed by atoms with Gasteiger partial charge in [0.2, 0.25) is 10.0 Å². The van der Waals surface area contributed by atoms with Gasteiger partial charge in [-0.05, 0) is 80.0 Å². The number of carbonyl (C=O) groups is 1. The molecular weight excluding hydrogens is 682 g/mol. The number of ether oxygens (including phenoxy) is 4. The summed E-state index contributed by atoms with van der Waals surface area (Å²) in [5.41, 5.74) is 8.39. The molecular formula is C36H48ClN5O7S. The van der Waals surface area contributed by atoms with E-state index in [1.165, 1.54) is 10.4 Å². The van der Waals surface area contributed by atoms with Crippen LogP contribution in [0, 0.1) is 0 Å². The molecule has 12 nitrogen and oxygen atoms in total. The molecule has 4 N–H and O–H groups in total. The number of amides is 2. The van der Waals surface area contributed by atoms with Gasteiger partial charge in [0, 0.05) is 61.8 Å². The van der Waals surface area contributed by atoms with E-state index in [9.17, 15) is 13.2 Å². The Bertz CT molecular complexity index is 1670. The largest absolute Gasteiger partial charge is 0.490 e. The number of unbranched alkanes of at least 4 members (excludes halogenated alkanes) is 1. The first-order chi connectivity index (χ1) is 24.2. The third-order valence-corrected chi connectivity index (χ3v) is 10.8. The van der Waals surface area contributed by atoms with Crippen LogP contribution in [0.5, 0.6) is 5.75 Å². The summed E-state index contributed by atoms with van der Waals surface area (Å²) >= 11 is 6.57. The van der Waals surface area contributed by atoms with Crippen molar-refractivity contribution in [3.63, 3.8) is 0 Å². The second kappa shape index (κ2) is 18.3. The first-order valence-corrected chi connectivity index (χ1v) is 19.0. The van der Waals surface area contributed by atoms with Gasteiger partial charge in [0.25, 0.3) is 0 Å². The molecule has 2 saturated carbocycles. The number of sulfonamides is 1. The molecule has 0 saturated heterocycles. The number of para-hydroxylation sites is 1. The van der Waals surface area contributed by atoms with Crippen LogP contribution in [0.3, 0.4) is 0 Å². The van der Waals surface area contributed by atoms with Crippen molar-refractivity contribution in [2.75, 3.05) is 59.7 Å². The zero-order valence-electron chi connectivity index (χ0n) is 28.6. The number of nitrogens with zero attached hydrogens (tertiary/aromatic N) is 2. The summed E-state index contributed by atoms with van der Waals surface area (Å²) in [7, 11) is -2.23. The maximum Gasteiger partial charge on any atom is 0.314 e. The average Bonchev–Trinajstić information content (AvgIpc) is 4.07. The summed E-state index contributed by atoms with van der Waals surface area (Å²) in [4.78, 5) is 16.6. The van der Waals surface area contributed by atoms with Crippen LogP contribution >= 0.6 is 11.6 Å². The van der Waals surface area contributed by atoms with E-state index >= 15 is 0 Å². The fourth-order valence-electron chi connectivity index (χ4n) is 5.46. The van der Waals surface area contributed by atoms with E-state index in [2.05, 4.69) is 21.7 Å². The van der Waals surface area contributed by atoms with Crippen molar-refractivity contribution >= 4 is 27.7 Å². The van der Waals surface area contributed by atoms with Crippen LogP contribution in [0.15, 0.2) is 65.8 Å². The SMILES string of the molecule is CN(CCCCNC(=O)NCCOCCOCCN)S(=O)(=O)c1ccc(Cl)c(COC2(c3cnccc3-c3ccccc3OC3CC3)CC2)c1. The number of nitrogens with two attached hydrogens (primary N) is 1. The molecule has 5 rings (SSSR count). The summed E-state index contributed by atoms with van der Waals surface area (Å²) in [6.07, 6.45) is 8.84. The minimum atomic E-state index is -3.78. The summed E-state index contributed by atoms with van der Waals surface area (Å²) in [6, 6.07) is 14.5. The molecule has 3 aromatic rings. The molecule has 0 spiro atoms. The molecule has 14 heteroatoms. The number of nitrogens with one attached hydrogen (secondary N) is 2. The second-order valence-corrected chi connectivity index (χ2v) is 15.0. The lowest BCUT2D eigenvalue weighted by Gasteiger charge is -2.22. The zero-order valence-corrected chi connectivity index (χ0v) is 30.1. The highest BCUT2D eigenvalue weighted by molar-refractivity contribution is 7.89. The lowest BCUT2D eigenvalue weighted by atomic mass is 9.96. The third kappa shape index (κ3) is 10.6. The molecule has 50 heavy (non-hydrogen) atoms. The van der Waals surface area contributed by atoms with Gasteiger partial charge >= 0.3 is 6.03 Å². The van der Waals surface area contributed by atoms with Gasteiger partial charge in [-0.1, -0.05) is 29.8 Å². The second-order valence-electron chi connectivity index (χ2n) is 12.5. The van der Waals surface area contributed by atoms with Crippen LogP contribution in [0.25, 0.3) is 11.1 Å². The number of carbonyl (C=O) groups excluding carboxylic acids is 1. The van der Waals surface area contributed by atoms with Gasteiger partial charge in [-0.25, -0.2) is 17.5 Å². The number of urea groups is 1. The Kier molecular flexibility index (Phi) is 13.9. The van der Waals surface area contributed by atoms with E-state index in [1.54, 1.807) is 25.4 Å². The van der Waals surface area contributed by atoms with Gasteiger partial charge in [0.05, 0.1) is 49.6 Å². The molecule has 0 atom stereocenters. The highest BCUT2D eigenvalue weighted by Gasteiger charge is 2.48. The summed E-state index contributed by atoms with van der Waals surface area (Å²) < 4.78 is 51.6. The fourth-order valence-corrected chi connectivity index (χ4v) is 6.89. The number of hydrogen-bond donors (Lipinski definition) is 3. The molecule has 2 amide bonds. The molecule has 1 aromatic heterocycles. The van der Waals surface area contributed by atoms with E-state index < -0.39 is 15.6 Å². The molecule has 272 valence electrons. The molecule has 0 aliphatic heterocycles. The highest BCUT2D eigenvalue weighted by atomic mass is 35.5. The van der Waals surface area contributed by atoms with Crippen LogP contribution in [0.2, 0.25) is 5.02 Å². The first kappa shape index (κ1) is 37.9. The maximum absolute atomic E-state index is 13.5. The standard InChI is InChI=1S/C36H48ClN5O7S/c1-42(19-5-4-16-40-35(43)41-18-21-47-23-22-46-20-15-38)50(44,45)29-10-11-33(37)27(24-29)26-48-36(13-14-36)32-25-39-17-12-30(32)31-6-2-3-7-34(31)49-28-8-9-28/h2-3,6-7,10-12,17,24-25,28H,4-5,8-9,13-16,18-23,26,38H2,1H3,(H2,40,41,43). The topological polar surface area (TPSA) is 154 Å². The molecule has 2 aliphatic rings. The Morgan fingerprint density at radius 3 is 2.52 bits per heavy atom. The molecule has 2 aromatic carbocycles. The van der Waals surface area contributed by atoms with E-state index in [-0.39, 0.29) is 23.6 Å². The minimum Gasteiger partial charge on any atom is -0.490 e. The van der Waals surface area contributed by atoms with Gasteiger partial charge in [-0.3, -0.25) is 4.98 Å². The predicted octanol–water partition coefficient (Wildman–Crippen LogP) is 4.84. The Hall–Kier alpha value is -3.30. The maximum atomic E-state index is 13.5. The highest BCUT2D eigenvalue weighted by Crippen LogP contribution is 2.53. The Labute approximate surface area is 300 Å². The fraction of sp³-hybridized carbons (Fsp3) is 0.500. The summed E-state index contributed by atoms with van der Waals surface area (Å²) in [5.74, 6) is 0.850. The van der Waals surface area contributed by atoms with Crippen LogP contribution < -0.4 is 21.1 Å². The predicted molar refractivity (Wildman–Crippen MR) is 192 cm³/mol. The van der Waals surface area contributed by atoms with Crippen molar-refractivity contribution in [1.29, 1.82) is 0 Å². The normalized spacial score (nSPS) is 15.2. The average molecular weight is 730 g/mol. The van der Waals surface area contributed by atoms with Crippen LogP contribution in [0.1, 0.15) is 49.7 Å². The molecule has 0 radical (unpaired) electrons. The van der Waals surface area contributed by atoms with Gasteiger partial charge in [-0.15, -0.1) is 0 Å². The van der Waals surface area contributed by atoms with Gasteiger partial charge in [0.15, 0.2) is 0 Å². The van der Waals surface area contributed by atoms with Gasteiger partial charge in [-0.2, -0.15) is 0 Å². The van der Waals surface area contributed by atoms with Crippen LogP contribution in [0.4, 0.5) is 4.79 Å². The van der Waals surface area contributed by atoms with Crippen molar-refractivity contribution in [1.82, 2.24) is 19.9 Å². The smallest absolute Gasteiger partial charge is 0.314 e. The number of rotatable bonds is 22. The molecule has 0 bridgehead atoms. The monoisotopic (exact) mass is 729 g/mol. The van der Waals surface area contributed by atoms with Crippen molar-refractivity contribution < 1.29 is 32.2 Å². The van der Waals surface area contributed by atoms with Crippen LogP contribution in [-0.4, -0.2) is 89.5 Å². The lowest BCUT2D eigenvalue weighted by molar-refractivity contribution is 0.0173. The van der Waals surface area contributed by atoms with E-state index in [1.807, 2.05) is 30.5 Å². The molecule has 0 unspecified atom stereocenters. The third-order valence-electron chi connectivity index (χ3n) is 8.59. The Morgan fingerprint density at radius 2 is 1.76 bits per heavy atom. The minimum absolute atomic E-state index is 0.142. The van der Waals surface area contributed by atoms with E-state index in [0.717, 1.165) is 48.1 Å². The van der Waals surface area contributed by atoms with Crippen LogP contribution in [-0.2, 0) is 36.4 Å².